The van der Waals surface area contributed by atoms with Crippen molar-refractivity contribution < 1.29 is 0 Å². The lowest BCUT2D eigenvalue weighted by atomic mass is 10.0. The van der Waals surface area contributed by atoms with Crippen molar-refractivity contribution in [3.8, 4) is 0 Å². The van der Waals surface area contributed by atoms with E-state index < -0.39 is 0 Å². The second kappa shape index (κ2) is 25.4. The van der Waals surface area contributed by atoms with Crippen LogP contribution in [-0.2, 0) is 13.0 Å². The number of benzene rings is 1. The highest BCUT2D eigenvalue weighted by Crippen LogP contribution is 2.22. The molecular weight excluding hydrogens is 506 g/mol. The van der Waals surface area contributed by atoms with Gasteiger partial charge in [-0.1, -0.05) is 191 Å². The van der Waals surface area contributed by atoms with Crippen LogP contribution in [0, 0.1) is 0 Å². The molecule has 1 heterocycles. The van der Waals surface area contributed by atoms with Crippen LogP contribution < -0.4 is 0 Å². The molecule has 2 rings (SSSR count). The van der Waals surface area contributed by atoms with E-state index in [0.29, 0.717) is 0 Å². The first-order valence-electron chi connectivity index (χ1n) is 17.4. The van der Waals surface area contributed by atoms with Crippen LogP contribution in [0.1, 0.15) is 173 Å². The van der Waals surface area contributed by atoms with Gasteiger partial charge in [0, 0.05) is 12.2 Å². The average molecular weight is 570 g/mol. The minimum atomic E-state index is 0.890. The topological polar surface area (TPSA) is 30.7 Å². The lowest BCUT2D eigenvalue weighted by Crippen LogP contribution is -2.07. The highest BCUT2D eigenvalue weighted by Gasteiger charge is 2.13. The smallest absolute Gasteiger partial charge is 0.191 e. The first-order chi connectivity index (χ1) is 19.8. The predicted molar refractivity (Wildman–Crippen MR) is 178 cm³/mol. The largest absolute Gasteiger partial charge is 0.302 e. The van der Waals surface area contributed by atoms with E-state index >= 15 is 0 Å². The molecule has 40 heavy (non-hydrogen) atoms. The Kier molecular flexibility index (Phi) is 22.2. The summed E-state index contributed by atoms with van der Waals surface area (Å²) in [5.74, 6) is 2.33. The van der Waals surface area contributed by atoms with Gasteiger partial charge in [-0.25, -0.2) is 0 Å². The first-order valence-corrected chi connectivity index (χ1v) is 18.4. The molecule has 0 saturated carbocycles. The Hall–Kier alpha value is -1.29. The Labute approximate surface area is 253 Å². The molecule has 0 aliphatic heterocycles. The quantitative estimate of drug-likeness (QED) is 0.0754. The Morgan fingerprint density at radius 2 is 0.975 bits per heavy atom. The van der Waals surface area contributed by atoms with Crippen molar-refractivity contribution in [2.24, 2.45) is 0 Å². The van der Waals surface area contributed by atoms with Crippen LogP contribution in [0.4, 0.5) is 0 Å². The molecule has 0 N–H and O–H groups in total. The summed E-state index contributed by atoms with van der Waals surface area (Å²) in [5, 5.41) is 10.4. The highest BCUT2D eigenvalue weighted by molar-refractivity contribution is 7.99. The lowest BCUT2D eigenvalue weighted by Gasteiger charge is -2.10. The lowest BCUT2D eigenvalue weighted by molar-refractivity contribution is 0.531. The fourth-order valence-corrected chi connectivity index (χ4v) is 6.54. The third kappa shape index (κ3) is 17.5. The summed E-state index contributed by atoms with van der Waals surface area (Å²) in [7, 11) is 0. The van der Waals surface area contributed by atoms with E-state index in [1.807, 2.05) is 11.8 Å². The van der Waals surface area contributed by atoms with Crippen LogP contribution in [0.2, 0.25) is 0 Å². The van der Waals surface area contributed by atoms with Gasteiger partial charge >= 0.3 is 0 Å². The predicted octanol–water partition coefficient (Wildman–Crippen LogP) is 12.0. The van der Waals surface area contributed by atoms with Gasteiger partial charge in [-0.2, -0.15) is 0 Å². The summed E-state index contributed by atoms with van der Waals surface area (Å²) in [5.41, 5.74) is 1.34. The number of thioether (sulfide) groups is 1. The summed E-state index contributed by atoms with van der Waals surface area (Å²) in [4.78, 5) is 0. The van der Waals surface area contributed by atoms with Gasteiger partial charge in [-0.15, -0.1) is 10.2 Å². The molecule has 1 aromatic heterocycles. The zero-order valence-electron chi connectivity index (χ0n) is 26.5. The Balaban J connectivity index is 1.56. The van der Waals surface area contributed by atoms with Gasteiger partial charge in [0.1, 0.15) is 5.82 Å². The standard InChI is InChI=1S/C36H63N3S/c1-3-5-7-9-11-12-13-14-15-16-17-18-19-21-23-28-32-40-36-38-37-35(31-27-22-20-10-8-6-4-2)39(36)33-34-29-25-24-26-30-34/h24-26,29-30H,3-23,27-28,31-33H2,1-2H3. The SMILES string of the molecule is CCCCCCCCCCCCCCCCCCSc1nnc(CCCCCCCCC)n1Cc1ccccc1. The van der Waals surface area contributed by atoms with Crippen LogP contribution in [0.25, 0.3) is 0 Å². The van der Waals surface area contributed by atoms with Crippen molar-refractivity contribution in [3.63, 3.8) is 0 Å². The zero-order valence-corrected chi connectivity index (χ0v) is 27.3. The number of rotatable bonds is 28. The molecule has 0 atom stereocenters. The Bertz CT molecular complexity index is 804. The molecule has 0 spiro atoms. The summed E-state index contributed by atoms with van der Waals surface area (Å²) in [6.45, 7) is 5.48. The van der Waals surface area contributed by atoms with Gasteiger partial charge < -0.3 is 4.57 Å². The van der Waals surface area contributed by atoms with Gasteiger partial charge in [0.25, 0.3) is 0 Å². The summed E-state index contributed by atoms with van der Waals surface area (Å²) >= 11 is 1.92. The first kappa shape index (κ1) is 34.9. The maximum atomic E-state index is 4.65. The van der Waals surface area contributed by atoms with Crippen LogP contribution in [0.3, 0.4) is 0 Å². The number of hydrogen-bond acceptors (Lipinski definition) is 3. The van der Waals surface area contributed by atoms with Crippen molar-refractivity contribution in [3.05, 3.63) is 41.7 Å². The van der Waals surface area contributed by atoms with E-state index in [2.05, 4.69) is 58.9 Å². The molecular formula is C36H63N3S. The maximum absolute atomic E-state index is 4.65. The van der Waals surface area contributed by atoms with Crippen LogP contribution >= 0.6 is 11.8 Å². The summed E-state index contributed by atoms with van der Waals surface area (Å²) < 4.78 is 2.39. The average Bonchev–Trinajstić information content (AvgIpc) is 3.35. The number of unbranched alkanes of at least 4 members (excludes halogenated alkanes) is 21. The van der Waals surface area contributed by atoms with E-state index in [-0.39, 0.29) is 0 Å². The summed E-state index contributed by atoms with van der Waals surface area (Å²) in [6.07, 6.45) is 33.2. The second-order valence-corrected chi connectivity index (χ2v) is 13.1. The highest BCUT2D eigenvalue weighted by atomic mass is 32.2. The van der Waals surface area contributed by atoms with Gasteiger partial charge in [0.05, 0.1) is 6.54 Å². The van der Waals surface area contributed by atoms with Crippen LogP contribution in [-0.4, -0.2) is 20.5 Å². The molecule has 228 valence electrons. The minimum Gasteiger partial charge on any atom is -0.302 e. The fourth-order valence-electron chi connectivity index (χ4n) is 5.59. The zero-order chi connectivity index (χ0) is 28.4. The molecule has 0 fully saturated rings. The van der Waals surface area contributed by atoms with Crippen molar-refractivity contribution in [1.29, 1.82) is 0 Å². The van der Waals surface area contributed by atoms with Crippen molar-refractivity contribution >= 4 is 11.8 Å². The maximum Gasteiger partial charge on any atom is 0.191 e. The number of aryl methyl sites for hydroxylation is 1. The Morgan fingerprint density at radius 3 is 1.48 bits per heavy atom. The molecule has 0 amide bonds. The van der Waals surface area contributed by atoms with Gasteiger partial charge in [0.2, 0.25) is 0 Å². The van der Waals surface area contributed by atoms with E-state index in [4.69, 9.17) is 0 Å². The molecule has 3 nitrogen and oxygen atoms in total. The Morgan fingerprint density at radius 1 is 0.525 bits per heavy atom. The van der Waals surface area contributed by atoms with Crippen molar-refractivity contribution in [2.75, 3.05) is 5.75 Å². The van der Waals surface area contributed by atoms with E-state index in [9.17, 15) is 0 Å². The molecule has 4 heteroatoms. The van der Waals surface area contributed by atoms with Gasteiger partial charge in [0.15, 0.2) is 5.16 Å². The van der Waals surface area contributed by atoms with Crippen molar-refractivity contribution in [1.82, 2.24) is 14.8 Å². The number of hydrogen-bond donors (Lipinski definition) is 0. The second-order valence-electron chi connectivity index (χ2n) is 12.0. The normalized spacial score (nSPS) is 11.4. The molecule has 0 aliphatic rings. The van der Waals surface area contributed by atoms with E-state index in [1.165, 1.54) is 159 Å². The van der Waals surface area contributed by atoms with E-state index in [0.717, 1.165) is 23.9 Å². The van der Waals surface area contributed by atoms with Gasteiger partial charge in [-0.05, 0) is 18.4 Å². The third-order valence-electron chi connectivity index (χ3n) is 8.21. The monoisotopic (exact) mass is 569 g/mol. The molecule has 0 radical (unpaired) electrons. The molecule has 2 aromatic rings. The number of aromatic nitrogens is 3. The van der Waals surface area contributed by atoms with Gasteiger partial charge in [-0.3, -0.25) is 0 Å². The molecule has 0 bridgehead atoms. The molecule has 0 saturated heterocycles. The summed E-state index contributed by atoms with van der Waals surface area (Å²) in [6, 6.07) is 10.8. The third-order valence-corrected chi connectivity index (χ3v) is 9.26. The fraction of sp³-hybridized carbons (Fsp3) is 0.778. The molecule has 0 aliphatic carbocycles. The van der Waals surface area contributed by atoms with E-state index in [1.54, 1.807) is 0 Å². The van der Waals surface area contributed by atoms with Crippen LogP contribution in [0.5, 0.6) is 0 Å². The van der Waals surface area contributed by atoms with Crippen molar-refractivity contribution in [2.45, 2.75) is 180 Å². The molecule has 0 unspecified atom stereocenters. The van der Waals surface area contributed by atoms with Crippen LogP contribution in [0.15, 0.2) is 35.5 Å². The number of nitrogens with zero attached hydrogens (tertiary/aromatic N) is 3. The molecule has 1 aromatic carbocycles. The minimum absolute atomic E-state index is 0.890.